The molecule has 0 spiro atoms. The summed E-state index contributed by atoms with van der Waals surface area (Å²) in [6.07, 6.45) is 6.48. The van der Waals surface area contributed by atoms with E-state index in [1.165, 1.54) is 32.1 Å². The highest BCUT2D eigenvalue weighted by atomic mass is 14.7. The molecule has 0 atom stereocenters. The second-order valence-corrected chi connectivity index (χ2v) is 5.44. The van der Waals surface area contributed by atoms with Crippen molar-refractivity contribution in [1.29, 1.82) is 5.26 Å². The molecule has 1 aromatic carbocycles. The van der Waals surface area contributed by atoms with E-state index in [2.05, 4.69) is 23.4 Å². The van der Waals surface area contributed by atoms with Gasteiger partial charge in [-0.1, -0.05) is 49.8 Å². The minimum atomic E-state index is 0.230. The molecule has 0 radical (unpaired) electrons. The molecule has 0 saturated heterocycles. The first-order valence-corrected chi connectivity index (χ1v) is 7.45. The van der Waals surface area contributed by atoms with E-state index in [9.17, 15) is 0 Å². The summed E-state index contributed by atoms with van der Waals surface area (Å²) in [6.45, 7) is 5.45. The normalized spacial score (nSPS) is 15.7. The van der Waals surface area contributed by atoms with Gasteiger partial charge in [-0.05, 0) is 37.5 Å². The van der Waals surface area contributed by atoms with Gasteiger partial charge < -0.3 is 0 Å². The number of nitriles is 1. The van der Waals surface area contributed by atoms with Gasteiger partial charge in [0.2, 0.25) is 0 Å². The topological polar surface area (TPSA) is 36.1 Å². The first-order chi connectivity index (χ1) is 10.2. The van der Waals surface area contributed by atoms with Crippen LogP contribution in [0.5, 0.6) is 0 Å². The summed E-state index contributed by atoms with van der Waals surface area (Å²) in [5.41, 5.74) is 3.06. The van der Waals surface area contributed by atoms with Gasteiger partial charge in [0.25, 0.3) is 0 Å². The van der Waals surface area contributed by atoms with Crippen molar-refractivity contribution in [2.75, 3.05) is 0 Å². The zero-order valence-electron chi connectivity index (χ0n) is 12.5. The van der Waals surface area contributed by atoms with Crippen LogP contribution in [0, 0.1) is 29.1 Å². The Morgan fingerprint density at radius 2 is 1.86 bits per heavy atom. The van der Waals surface area contributed by atoms with Crippen molar-refractivity contribution in [2.45, 2.75) is 39.0 Å². The van der Waals surface area contributed by atoms with Crippen molar-refractivity contribution in [3.05, 3.63) is 47.7 Å². The SMILES string of the molecule is C=C(C#N)/N=C(\C)c1ccc(C#CC2CCCCC2)cc1. The van der Waals surface area contributed by atoms with E-state index in [0.717, 1.165) is 16.8 Å². The van der Waals surface area contributed by atoms with Crippen molar-refractivity contribution >= 4 is 5.71 Å². The van der Waals surface area contributed by atoms with E-state index in [1.54, 1.807) is 0 Å². The number of nitrogens with zero attached hydrogens (tertiary/aromatic N) is 2. The smallest absolute Gasteiger partial charge is 0.133 e. The molecule has 2 heteroatoms. The van der Waals surface area contributed by atoms with Crippen molar-refractivity contribution in [3.8, 4) is 17.9 Å². The average molecular weight is 276 g/mol. The summed E-state index contributed by atoms with van der Waals surface area (Å²) in [6, 6.07) is 9.94. The Morgan fingerprint density at radius 3 is 2.48 bits per heavy atom. The lowest BCUT2D eigenvalue weighted by Crippen LogP contribution is -2.03. The third-order valence-electron chi connectivity index (χ3n) is 3.76. The Bertz CT molecular complexity index is 627. The quantitative estimate of drug-likeness (QED) is 0.446. The van der Waals surface area contributed by atoms with Gasteiger partial charge in [-0.3, -0.25) is 0 Å². The lowest BCUT2D eigenvalue weighted by Gasteiger charge is -2.15. The molecule has 1 aliphatic rings. The fourth-order valence-corrected chi connectivity index (χ4v) is 2.52. The van der Waals surface area contributed by atoms with Crippen LogP contribution >= 0.6 is 0 Å². The first kappa shape index (κ1) is 15.1. The van der Waals surface area contributed by atoms with Crippen molar-refractivity contribution in [1.82, 2.24) is 0 Å². The minimum Gasteiger partial charge on any atom is -0.242 e. The second-order valence-electron chi connectivity index (χ2n) is 5.44. The molecule has 0 aromatic heterocycles. The van der Waals surface area contributed by atoms with Gasteiger partial charge in [0.05, 0.1) is 0 Å². The molecule has 2 nitrogen and oxygen atoms in total. The zero-order valence-corrected chi connectivity index (χ0v) is 12.5. The van der Waals surface area contributed by atoms with Crippen LogP contribution in [0.1, 0.15) is 50.2 Å². The third-order valence-corrected chi connectivity index (χ3v) is 3.76. The molecule has 0 amide bonds. The third kappa shape index (κ3) is 4.62. The summed E-state index contributed by atoms with van der Waals surface area (Å²) < 4.78 is 0. The molecule has 1 saturated carbocycles. The van der Waals surface area contributed by atoms with Gasteiger partial charge >= 0.3 is 0 Å². The van der Waals surface area contributed by atoms with Gasteiger partial charge in [-0.25, -0.2) is 4.99 Å². The van der Waals surface area contributed by atoms with Gasteiger partial charge in [0.15, 0.2) is 0 Å². The standard InChI is InChI=1S/C19H20N2/c1-15(14-20)21-16(2)19-12-10-18(11-13-19)9-8-17-6-4-3-5-7-17/h10-13,17H,1,3-7H2,2H3/b21-16+. The zero-order chi connectivity index (χ0) is 15.1. The summed E-state index contributed by atoms with van der Waals surface area (Å²) in [5.74, 6) is 7.23. The molecule has 2 rings (SSSR count). The number of hydrogen-bond donors (Lipinski definition) is 0. The van der Waals surface area contributed by atoms with Crippen LogP contribution in [-0.2, 0) is 0 Å². The van der Waals surface area contributed by atoms with Crippen LogP contribution < -0.4 is 0 Å². The largest absolute Gasteiger partial charge is 0.242 e. The summed E-state index contributed by atoms with van der Waals surface area (Å²) in [4.78, 5) is 4.14. The molecular weight excluding hydrogens is 256 g/mol. The fourth-order valence-electron chi connectivity index (χ4n) is 2.52. The lowest BCUT2D eigenvalue weighted by atomic mass is 9.89. The number of rotatable bonds is 2. The molecule has 21 heavy (non-hydrogen) atoms. The molecular formula is C19H20N2. The number of allylic oxidation sites excluding steroid dienone is 1. The van der Waals surface area contributed by atoms with Crippen LogP contribution in [0.15, 0.2) is 41.5 Å². The predicted molar refractivity (Wildman–Crippen MR) is 86.9 cm³/mol. The van der Waals surface area contributed by atoms with Crippen LogP contribution in [0.4, 0.5) is 0 Å². The number of benzene rings is 1. The summed E-state index contributed by atoms with van der Waals surface area (Å²) >= 11 is 0. The highest BCUT2D eigenvalue weighted by molar-refractivity contribution is 5.99. The van der Waals surface area contributed by atoms with Crippen LogP contribution in [-0.4, -0.2) is 5.71 Å². The van der Waals surface area contributed by atoms with Gasteiger partial charge in [0.1, 0.15) is 11.8 Å². The maximum atomic E-state index is 8.69. The van der Waals surface area contributed by atoms with Gasteiger partial charge in [0, 0.05) is 17.2 Å². The van der Waals surface area contributed by atoms with Crippen molar-refractivity contribution in [2.24, 2.45) is 10.9 Å². The molecule has 1 aliphatic carbocycles. The second kappa shape index (κ2) is 7.46. The Kier molecular flexibility index (Phi) is 5.35. The Morgan fingerprint density at radius 1 is 1.19 bits per heavy atom. The maximum absolute atomic E-state index is 8.69. The van der Waals surface area contributed by atoms with Crippen LogP contribution in [0.25, 0.3) is 0 Å². The predicted octanol–water partition coefficient (Wildman–Crippen LogP) is 4.46. The first-order valence-electron chi connectivity index (χ1n) is 7.45. The highest BCUT2D eigenvalue weighted by Gasteiger charge is 2.09. The molecule has 0 heterocycles. The number of hydrogen-bond acceptors (Lipinski definition) is 2. The molecule has 0 unspecified atom stereocenters. The Labute approximate surface area is 127 Å². The van der Waals surface area contributed by atoms with Crippen LogP contribution in [0.2, 0.25) is 0 Å². The Hall–Kier alpha value is -2.32. The lowest BCUT2D eigenvalue weighted by molar-refractivity contribution is 0.430. The maximum Gasteiger partial charge on any atom is 0.133 e. The van der Waals surface area contributed by atoms with E-state index >= 15 is 0 Å². The van der Waals surface area contributed by atoms with Crippen molar-refractivity contribution in [3.63, 3.8) is 0 Å². The van der Waals surface area contributed by atoms with E-state index < -0.39 is 0 Å². The molecule has 0 aliphatic heterocycles. The molecule has 0 N–H and O–H groups in total. The van der Waals surface area contributed by atoms with E-state index in [-0.39, 0.29) is 5.70 Å². The van der Waals surface area contributed by atoms with Gasteiger partial charge in [-0.15, -0.1) is 0 Å². The average Bonchev–Trinajstić information content (AvgIpc) is 2.54. The Balaban J connectivity index is 2.05. The van der Waals surface area contributed by atoms with Crippen LogP contribution in [0.3, 0.4) is 0 Å². The molecule has 1 aromatic rings. The fraction of sp³-hybridized carbons (Fsp3) is 0.368. The molecule has 1 fully saturated rings. The molecule has 0 bridgehead atoms. The minimum absolute atomic E-state index is 0.230. The van der Waals surface area contributed by atoms with E-state index in [4.69, 9.17) is 5.26 Å². The number of aliphatic imine (C=N–C) groups is 1. The van der Waals surface area contributed by atoms with E-state index in [0.29, 0.717) is 5.92 Å². The van der Waals surface area contributed by atoms with E-state index in [1.807, 2.05) is 37.3 Å². The molecule has 106 valence electrons. The van der Waals surface area contributed by atoms with Crippen molar-refractivity contribution < 1.29 is 0 Å². The highest BCUT2D eigenvalue weighted by Crippen LogP contribution is 2.22. The van der Waals surface area contributed by atoms with Gasteiger partial charge in [-0.2, -0.15) is 5.26 Å². The summed E-state index contributed by atoms with van der Waals surface area (Å²) in [5, 5.41) is 8.69. The summed E-state index contributed by atoms with van der Waals surface area (Å²) in [7, 11) is 0. The monoisotopic (exact) mass is 276 g/mol.